The second-order valence-electron chi connectivity index (χ2n) is 4.78. The Kier molecular flexibility index (Phi) is 7.53. The van der Waals surface area contributed by atoms with Crippen LogP contribution in [0.25, 0.3) is 0 Å². The van der Waals surface area contributed by atoms with Gasteiger partial charge in [-0.2, -0.15) is 0 Å². The Morgan fingerprint density at radius 2 is 1.81 bits per heavy atom. The van der Waals surface area contributed by atoms with Crippen LogP contribution in [0.3, 0.4) is 0 Å². The molecule has 1 N–H and O–H groups in total. The Morgan fingerprint density at radius 1 is 1.14 bits per heavy atom. The van der Waals surface area contributed by atoms with Crippen molar-refractivity contribution < 1.29 is 22.6 Å². The van der Waals surface area contributed by atoms with E-state index in [1.54, 1.807) is 12.1 Å². The lowest BCUT2D eigenvalue weighted by Gasteiger charge is -2.16. The fraction of sp³-hybridized carbons (Fsp3) is 0.600. The topological polar surface area (TPSA) is 30.5 Å². The summed E-state index contributed by atoms with van der Waals surface area (Å²) in [5.41, 5.74) is 0.958. The number of halogens is 3. The smallest absolute Gasteiger partial charge is 0.406 e. The number of rotatable bonds is 9. The van der Waals surface area contributed by atoms with Crippen molar-refractivity contribution in [3.05, 3.63) is 29.8 Å². The highest BCUT2D eigenvalue weighted by atomic mass is 19.4. The first-order valence-electron chi connectivity index (χ1n) is 7.04. The molecular weight excluding hydrogens is 283 g/mol. The molecule has 0 bridgehead atoms. The third-order valence-electron chi connectivity index (χ3n) is 3.01. The second kappa shape index (κ2) is 8.89. The van der Waals surface area contributed by atoms with E-state index in [-0.39, 0.29) is 11.8 Å². The minimum atomic E-state index is -4.65. The SMILES string of the molecule is CCCOCCC(Cc1ccc(OC(F)(F)F)cc1)NC. The van der Waals surface area contributed by atoms with E-state index in [2.05, 4.69) is 17.0 Å². The lowest BCUT2D eigenvalue weighted by molar-refractivity contribution is -0.274. The summed E-state index contributed by atoms with van der Waals surface area (Å²) in [6.45, 7) is 3.48. The van der Waals surface area contributed by atoms with Gasteiger partial charge in [0.05, 0.1) is 0 Å². The van der Waals surface area contributed by atoms with E-state index in [1.807, 2.05) is 7.05 Å². The second-order valence-corrected chi connectivity index (χ2v) is 4.78. The Balaban J connectivity index is 2.45. The molecule has 120 valence electrons. The molecule has 6 heteroatoms. The van der Waals surface area contributed by atoms with Crippen LogP contribution in [0.15, 0.2) is 24.3 Å². The van der Waals surface area contributed by atoms with E-state index < -0.39 is 6.36 Å². The zero-order chi connectivity index (χ0) is 15.7. The number of nitrogens with one attached hydrogen (secondary N) is 1. The van der Waals surface area contributed by atoms with Gasteiger partial charge in [-0.1, -0.05) is 19.1 Å². The maximum Gasteiger partial charge on any atom is 0.573 e. The Morgan fingerprint density at radius 3 is 2.33 bits per heavy atom. The van der Waals surface area contributed by atoms with Crippen LogP contribution in [0.2, 0.25) is 0 Å². The van der Waals surface area contributed by atoms with Crippen LogP contribution >= 0.6 is 0 Å². The molecule has 0 fully saturated rings. The fourth-order valence-electron chi connectivity index (χ4n) is 1.93. The van der Waals surface area contributed by atoms with Gasteiger partial charge in [0, 0.05) is 19.3 Å². The molecule has 0 radical (unpaired) electrons. The lowest BCUT2D eigenvalue weighted by atomic mass is 10.0. The molecule has 0 aliphatic rings. The van der Waals surface area contributed by atoms with Crippen molar-refractivity contribution in [3.63, 3.8) is 0 Å². The molecule has 1 aromatic carbocycles. The first kappa shape index (κ1) is 17.8. The first-order valence-corrected chi connectivity index (χ1v) is 7.04. The predicted octanol–water partition coefficient (Wildman–Crippen LogP) is 3.53. The largest absolute Gasteiger partial charge is 0.573 e. The average molecular weight is 305 g/mol. The fourth-order valence-corrected chi connectivity index (χ4v) is 1.93. The zero-order valence-corrected chi connectivity index (χ0v) is 12.4. The normalized spacial score (nSPS) is 13.2. The number of benzene rings is 1. The Labute approximate surface area is 123 Å². The summed E-state index contributed by atoms with van der Waals surface area (Å²) in [5, 5.41) is 3.19. The first-order chi connectivity index (χ1) is 9.94. The van der Waals surface area contributed by atoms with Crippen LogP contribution in [-0.2, 0) is 11.2 Å². The average Bonchev–Trinajstić information content (AvgIpc) is 2.42. The maximum absolute atomic E-state index is 12.1. The Bertz CT molecular complexity index is 393. The van der Waals surface area contributed by atoms with Crippen molar-refractivity contribution in [2.24, 2.45) is 0 Å². The molecule has 0 heterocycles. The number of hydrogen-bond donors (Lipinski definition) is 1. The molecule has 0 aromatic heterocycles. The van der Waals surface area contributed by atoms with Gasteiger partial charge in [-0.15, -0.1) is 13.2 Å². The quantitative estimate of drug-likeness (QED) is 0.708. The van der Waals surface area contributed by atoms with Gasteiger partial charge < -0.3 is 14.8 Å². The van der Waals surface area contributed by atoms with Crippen molar-refractivity contribution in [2.45, 2.75) is 38.6 Å². The molecule has 0 saturated heterocycles. The summed E-state index contributed by atoms with van der Waals surface area (Å²) in [4.78, 5) is 0. The van der Waals surface area contributed by atoms with Crippen molar-refractivity contribution in [1.82, 2.24) is 5.32 Å². The van der Waals surface area contributed by atoms with E-state index >= 15 is 0 Å². The molecule has 1 unspecified atom stereocenters. The molecule has 1 rings (SSSR count). The van der Waals surface area contributed by atoms with Gasteiger partial charge in [-0.25, -0.2) is 0 Å². The van der Waals surface area contributed by atoms with E-state index in [9.17, 15) is 13.2 Å². The summed E-state index contributed by atoms with van der Waals surface area (Å²) in [5.74, 6) is -0.196. The van der Waals surface area contributed by atoms with Gasteiger partial charge in [0.25, 0.3) is 0 Å². The minimum absolute atomic E-state index is 0.196. The summed E-state index contributed by atoms with van der Waals surface area (Å²) < 4.78 is 45.5. The number of hydrogen-bond acceptors (Lipinski definition) is 3. The number of likely N-dealkylation sites (N-methyl/N-ethyl adjacent to an activating group) is 1. The predicted molar refractivity (Wildman–Crippen MR) is 75.4 cm³/mol. The van der Waals surface area contributed by atoms with Crippen LogP contribution in [0.1, 0.15) is 25.3 Å². The molecule has 0 amide bonds. The summed E-state index contributed by atoms with van der Waals surface area (Å²) in [7, 11) is 1.87. The summed E-state index contributed by atoms with van der Waals surface area (Å²) in [6.07, 6.45) is -2.06. The van der Waals surface area contributed by atoms with Gasteiger partial charge in [0.15, 0.2) is 0 Å². The zero-order valence-electron chi connectivity index (χ0n) is 12.4. The standard InChI is InChI=1S/C15H22F3NO2/c1-3-9-20-10-8-13(19-2)11-12-4-6-14(7-5-12)21-15(16,17)18/h4-7,13,19H,3,8-11H2,1-2H3. The van der Waals surface area contributed by atoms with E-state index in [0.29, 0.717) is 6.61 Å². The van der Waals surface area contributed by atoms with Gasteiger partial charge in [0.2, 0.25) is 0 Å². The monoisotopic (exact) mass is 305 g/mol. The summed E-state index contributed by atoms with van der Waals surface area (Å²) >= 11 is 0. The van der Waals surface area contributed by atoms with E-state index in [1.165, 1.54) is 12.1 Å². The highest BCUT2D eigenvalue weighted by Gasteiger charge is 2.30. The van der Waals surface area contributed by atoms with Crippen molar-refractivity contribution in [3.8, 4) is 5.75 Å². The number of alkyl halides is 3. The molecule has 1 atom stereocenters. The Hall–Kier alpha value is -1.27. The molecular formula is C15H22F3NO2. The van der Waals surface area contributed by atoms with Crippen molar-refractivity contribution in [1.29, 1.82) is 0 Å². The van der Waals surface area contributed by atoms with Crippen molar-refractivity contribution >= 4 is 0 Å². The third-order valence-corrected chi connectivity index (χ3v) is 3.01. The molecule has 0 spiro atoms. The van der Waals surface area contributed by atoms with Crippen LogP contribution < -0.4 is 10.1 Å². The van der Waals surface area contributed by atoms with Gasteiger partial charge in [-0.05, 0) is 44.0 Å². The number of ether oxygens (including phenoxy) is 2. The van der Waals surface area contributed by atoms with Crippen molar-refractivity contribution in [2.75, 3.05) is 20.3 Å². The van der Waals surface area contributed by atoms with E-state index in [4.69, 9.17) is 4.74 Å². The van der Waals surface area contributed by atoms with E-state index in [0.717, 1.165) is 31.4 Å². The van der Waals surface area contributed by atoms with Crippen LogP contribution in [-0.4, -0.2) is 32.7 Å². The van der Waals surface area contributed by atoms with Crippen LogP contribution in [0, 0.1) is 0 Å². The highest BCUT2D eigenvalue weighted by Crippen LogP contribution is 2.23. The summed E-state index contributed by atoms with van der Waals surface area (Å²) in [6, 6.07) is 6.21. The van der Waals surface area contributed by atoms with Crippen LogP contribution in [0.5, 0.6) is 5.75 Å². The highest BCUT2D eigenvalue weighted by molar-refractivity contribution is 5.27. The van der Waals surface area contributed by atoms with Gasteiger partial charge >= 0.3 is 6.36 Å². The van der Waals surface area contributed by atoms with Gasteiger partial charge in [0.1, 0.15) is 5.75 Å². The maximum atomic E-state index is 12.1. The molecule has 0 aliphatic carbocycles. The molecule has 3 nitrogen and oxygen atoms in total. The molecule has 21 heavy (non-hydrogen) atoms. The third kappa shape index (κ3) is 7.92. The lowest BCUT2D eigenvalue weighted by Crippen LogP contribution is -2.29. The molecule has 1 aromatic rings. The molecule has 0 aliphatic heterocycles. The van der Waals surface area contributed by atoms with Crippen LogP contribution in [0.4, 0.5) is 13.2 Å². The van der Waals surface area contributed by atoms with Gasteiger partial charge in [-0.3, -0.25) is 0 Å². The molecule has 0 saturated carbocycles. The minimum Gasteiger partial charge on any atom is -0.406 e.